The standard InChI is InChI=1S/C14H16F6O4/c1-2-10(21)23-6-8-4-9-3-7(11(8)24-9)5-12(22,13(15,16)17)14(18,19)20/h2,7-9,11,22H,1,3-6H2. The predicted octanol–water partition coefficient (Wildman–Crippen LogP) is 2.76. The summed E-state index contributed by atoms with van der Waals surface area (Å²) in [6.45, 7) is 3.00. The molecule has 4 nitrogen and oxygen atoms in total. The van der Waals surface area contributed by atoms with E-state index in [9.17, 15) is 36.2 Å². The summed E-state index contributed by atoms with van der Waals surface area (Å²) >= 11 is 0. The SMILES string of the molecule is C=CC(=O)OCC1CC2CC(CC(O)(C(F)(F)F)C(F)(F)F)C1O2. The van der Waals surface area contributed by atoms with Crippen LogP contribution in [0.4, 0.5) is 26.3 Å². The van der Waals surface area contributed by atoms with E-state index in [-0.39, 0.29) is 13.0 Å². The fraction of sp³-hybridized carbons (Fsp3) is 0.786. The summed E-state index contributed by atoms with van der Waals surface area (Å²) in [6, 6.07) is 0. The van der Waals surface area contributed by atoms with Crippen molar-refractivity contribution in [1.29, 1.82) is 0 Å². The molecule has 10 heteroatoms. The molecule has 2 bridgehead atoms. The molecule has 2 heterocycles. The van der Waals surface area contributed by atoms with Crippen LogP contribution in [0.25, 0.3) is 0 Å². The number of hydrogen-bond donors (Lipinski definition) is 1. The Morgan fingerprint density at radius 2 is 1.71 bits per heavy atom. The lowest BCUT2D eigenvalue weighted by atomic mass is 9.76. The lowest BCUT2D eigenvalue weighted by Gasteiger charge is -2.36. The molecule has 24 heavy (non-hydrogen) atoms. The van der Waals surface area contributed by atoms with Gasteiger partial charge in [0.05, 0.1) is 18.8 Å². The second-order valence-electron chi connectivity index (χ2n) is 6.11. The fourth-order valence-electron chi connectivity index (χ4n) is 3.36. The van der Waals surface area contributed by atoms with Crippen molar-refractivity contribution >= 4 is 5.97 Å². The summed E-state index contributed by atoms with van der Waals surface area (Å²) in [6.07, 6.45) is -13.4. The highest BCUT2D eigenvalue weighted by molar-refractivity contribution is 5.81. The van der Waals surface area contributed by atoms with E-state index in [1.165, 1.54) is 0 Å². The van der Waals surface area contributed by atoms with Crippen molar-refractivity contribution in [2.75, 3.05) is 6.61 Å². The van der Waals surface area contributed by atoms with Gasteiger partial charge < -0.3 is 14.6 Å². The number of carbonyl (C=O) groups excluding carboxylic acids is 1. The number of hydrogen-bond acceptors (Lipinski definition) is 4. The molecule has 2 rings (SSSR count). The highest BCUT2D eigenvalue weighted by atomic mass is 19.4. The van der Waals surface area contributed by atoms with Crippen molar-refractivity contribution in [3.05, 3.63) is 12.7 Å². The lowest BCUT2D eigenvalue weighted by Crippen LogP contribution is -2.58. The second kappa shape index (κ2) is 6.21. The number of carbonyl (C=O) groups is 1. The monoisotopic (exact) mass is 362 g/mol. The molecule has 0 aromatic carbocycles. The summed E-state index contributed by atoms with van der Waals surface area (Å²) in [4.78, 5) is 11.0. The molecule has 0 aromatic heterocycles. The molecule has 0 radical (unpaired) electrons. The van der Waals surface area contributed by atoms with E-state index >= 15 is 0 Å². The van der Waals surface area contributed by atoms with E-state index in [4.69, 9.17) is 9.47 Å². The van der Waals surface area contributed by atoms with Crippen molar-refractivity contribution in [3.63, 3.8) is 0 Å². The third kappa shape index (κ3) is 3.39. The van der Waals surface area contributed by atoms with Crippen molar-refractivity contribution in [2.24, 2.45) is 11.8 Å². The number of esters is 1. The van der Waals surface area contributed by atoms with Crippen molar-refractivity contribution < 1.29 is 45.7 Å². The molecule has 2 saturated heterocycles. The topological polar surface area (TPSA) is 55.8 Å². The third-order valence-corrected chi connectivity index (χ3v) is 4.51. The molecule has 4 atom stereocenters. The summed E-state index contributed by atoms with van der Waals surface area (Å²) < 4.78 is 87.0. The van der Waals surface area contributed by atoms with Crippen LogP contribution in [-0.2, 0) is 14.3 Å². The minimum Gasteiger partial charge on any atom is -0.462 e. The van der Waals surface area contributed by atoms with Crippen LogP contribution >= 0.6 is 0 Å². The molecule has 2 aliphatic heterocycles. The molecule has 1 N–H and O–H groups in total. The van der Waals surface area contributed by atoms with E-state index in [0.717, 1.165) is 6.08 Å². The first-order valence-electron chi connectivity index (χ1n) is 7.19. The zero-order valence-corrected chi connectivity index (χ0v) is 12.4. The number of halogens is 6. The van der Waals surface area contributed by atoms with E-state index in [0.29, 0.717) is 6.42 Å². The van der Waals surface area contributed by atoms with Crippen molar-refractivity contribution in [2.45, 2.75) is 49.4 Å². The Bertz CT molecular complexity index is 486. The molecule has 2 fully saturated rings. The van der Waals surface area contributed by atoms with Crippen LogP contribution in [0.1, 0.15) is 19.3 Å². The van der Waals surface area contributed by atoms with E-state index in [1.807, 2.05) is 0 Å². The minimum atomic E-state index is -5.85. The zero-order valence-electron chi connectivity index (χ0n) is 12.4. The van der Waals surface area contributed by atoms with Gasteiger partial charge in [-0.25, -0.2) is 4.79 Å². The Morgan fingerprint density at radius 3 is 2.17 bits per heavy atom. The first-order chi connectivity index (χ1) is 10.9. The van der Waals surface area contributed by atoms with Gasteiger partial charge in [0.15, 0.2) is 0 Å². The second-order valence-corrected chi connectivity index (χ2v) is 6.11. The first-order valence-corrected chi connectivity index (χ1v) is 7.19. The van der Waals surface area contributed by atoms with Gasteiger partial charge in [-0.05, 0) is 25.2 Å². The highest BCUT2D eigenvalue weighted by Crippen LogP contribution is 2.52. The average molecular weight is 362 g/mol. The number of rotatable bonds is 5. The number of aliphatic hydroxyl groups is 1. The van der Waals surface area contributed by atoms with Gasteiger partial charge >= 0.3 is 18.3 Å². The average Bonchev–Trinajstić information content (AvgIpc) is 3.01. The van der Waals surface area contributed by atoms with Crippen LogP contribution in [-0.4, -0.2) is 47.8 Å². The van der Waals surface area contributed by atoms with Crippen LogP contribution in [0.3, 0.4) is 0 Å². The molecule has 4 unspecified atom stereocenters. The van der Waals surface area contributed by atoms with Gasteiger partial charge in [0.1, 0.15) is 0 Å². The van der Waals surface area contributed by atoms with E-state index < -0.39 is 54.4 Å². The molecule has 0 spiro atoms. The molecule has 0 aromatic rings. The van der Waals surface area contributed by atoms with Crippen LogP contribution in [0.15, 0.2) is 12.7 Å². The molecule has 0 saturated carbocycles. The molecular weight excluding hydrogens is 346 g/mol. The Labute approximate surface area is 133 Å². The Hall–Kier alpha value is -1.29. The van der Waals surface area contributed by atoms with Gasteiger partial charge in [0.25, 0.3) is 5.60 Å². The van der Waals surface area contributed by atoms with Gasteiger partial charge in [0, 0.05) is 12.0 Å². The van der Waals surface area contributed by atoms with Gasteiger partial charge in [0.2, 0.25) is 0 Å². The molecule has 138 valence electrons. The molecular formula is C14H16F6O4. The van der Waals surface area contributed by atoms with Crippen LogP contribution < -0.4 is 0 Å². The zero-order chi connectivity index (χ0) is 18.3. The van der Waals surface area contributed by atoms with Gasteiger partial charge in [-0.15, -0.1) is 0 Å². The predicted molar refractivity (Wildman–Crippen MR) is 67.7 cm³/mol. The van der Waals surface area contributed by atoms with Crippen LogP contribution in [0, 0.1) is 11.8 Å². The Morgan fingerprint density at radius 1 is 1.17 bits per heavy atom. The molecule has 2 aliphatic rings. The number of alkyl halides is 6. The lowest BCUT2D eigenvalue weighted by molar-refractivity contribution is -0.373. The summed E-state index contributed by atoms with van der Waals surface area (Å²) in [7, 11) is 0. The molecule has 0 aliphatic carbocycles. The van der Waals surface area contributed by atoms with Crippen molar-refractivity contribution in [3.8, 4) is 0 Å². The maximum absolute atomic E-state index is 12.8. The minimum absolute atomic E-state index is 0.00889. The van der Waals surface area contributed by atoms with E-state index in [1.54, 1.807) is 0 Å². The Kier molecular flexibility index (Phi) is 4.93. The quantitative estimate of drug-likeness (QED) is 0.464. The summed E-state index contributed by atoms with van der Waals surface area (Å²) in [5.74, 6) is -2.38. The van der Waals surface area contributed by atoms with Gasteiger partial charge in [-0.2, -0.15) is 26.3 Å². The summed E-state index contributed by atoms with van der Waals surface area (Å²) in [5.41, 5.74) is -4.79. The van der Waals surface area contributed by atoms with E-state index in [2.05, 4.69) is 6.58 Å². The van der Waals surface area contributed by atoms with Crippen LogP contribution in [0.5, 0.6) is 0 Å². The Balaban J connectivity index is 2.09. The van der Waals surface area contributed by atoms with Gasteiger partial charge in [-0.3, -0.25) is 0 Å². The normalized spacial score (nSPS) is 30.5. The maximum Gasteiger partial charge on any atom is 0.426 e. The molecule has 0 amide bonds. The summed E-state index contributed by atoms with van der Waals surface area (Å²) in [5, 5.41) is 9.31. The fourth-order valence-corrected chi connectivity index (χ4v) is 3.36. The highest BCUT2D eigenvalue weighted by Gasteiger charge is 2.71. The largest absolute Gasteiger partial charge is 0.462 e. The number of fused-ring (bicyclic) bond motifs is 2. The van der Waals surface area contributed by atoms with Gasteiger partial charge in [-0.1, -0.05) is 6.58 Å². The first kappa shape index (κ1) is 19.0. The smallest absolute Gasteiger partial charge is 0.426 e. The number of ether oxygens (including phenoxy) is 2. The third-order valence-electron chi connectivity index (χ3n) is 4.51. The maximum atomic E-state index is 12.8. The van der Waals surface area contributed by atoms with Crippen molar-refractivity contribution in [1.82, 2.24) is 0 Å². The van der Waals surface area contributed by atoms with Crippen LogP contribution in [0.2, 0.25) is 0 Å².